The van der Waals surface area contributed by atoms with Gasteiger partial charge < -0.3 is 9.84 Å². The van der Waals surface area contributed by atoms with Gasteiger partial charge in [-0.2, -0.15) is 0 Å². The summed E-state index contributed by atoms with van der Waals surface area (Å²) in [7, 11) is 1.45. The van der Waals surface area contributed by atoms with E-state index in [1.54, 1.807) is 18.2 Å². The van der Waals surface area contributed by atoms with E-state index >= 15 is 0 Å². The largest absolute Gasteiger partial charge is 0.504 e. The third-order valence-electron chi connectivity index (χ3n) is 3.16. The molecule has 0 heterocycles. The molecule has 0 spiro atoms. The van der Waals surface area contributed by atoms with Gasteiger partial charge >= 0.3 is 0 Å². The van der Waals surface area contributed by atoms with Gasteiger partial charge in [0, 0.05) is 11.1 Å². The maximum Gasteiger partial charge on any atom is 0.274 e. The Morgan fingerprint density at radius 1 is 1.09 bits per heavy atom. The van der Waals surface area contributed by atoms with Gasteiger partial charge in [-0.25, -0.2) is 5.48 Å². The smallest absolute Gasteiger partial charge is 0.274 e. The van der Waals surface area contributed by atoms with Gasteiger partial charge in [0.25, 0.3) is 5.91 Å². The van der Waals surface area contributed by atoms with Gasteiger partial charge in [-0.1, -0.05) is 24.3 Å². The number of ether oxygens (including phenoxy) is 1. The first-order valence-corrected chi connectivity index (χ1v) is 6.69. The highest BCUT2D eigenvalue weighted by molar-refractivity contribution is 6.07. The Balaban J connectivity index is 2.12. The van der Waals surface area contributed by atoms with Crippen molar-refractivity contribution >= 4 is 17.8 Å². The minimum absolute atomic E-state index is 0.0125. The van der Waals surface area contributed by atoms with Crippen molar-refractivity contribution in [1.29, 1.82) is 0 Å². The molecule has 0 aromatic heterocycles. The predicted molar refractivity (Wildman–Crippen MR) is 83.7 cm³/mol. The van der Waals surface area contributed by atoms with Crippen LogP contribution in [0.2, 0.25) is 0 Å². The van der Waals surface area contributed by atoms with E-state index in [0.29, 0.717) is 16.9 Å². The van der Waals surface area contributed by atoms with Crippen LogP contribution in [-0.4, -0.2) is 29.1 Å². The summed E-state index contributed by atoms with van der Waals surface area (Å²) in [6.07, 6.45) is 2.93. The Bertz CT molecular complexity index is 750. The third kappa shape index (κ3) is 3.96. The van der Waals surface area contributed by atoms with Gasteiger partial charge in [0.2, 0.25) is 0 Å². The fraction of sp³-hybridized carbons (Fsp3) is 0.0588. The molecule has 0 aliphatic rings. The van der Waals surface area contributed by atoms with E-state index in [-0.39, 0.29) is 17.1 Å². The molecule has 0 atom stereocenters. The molecule has 0 aliphatic carbocycles. The summed E-state index contributed by atoms with van der Waals surface area (Å²) < 4.78 is 4.94. The topological polar surface area (TPSA) is 95.9 Å². The van der Waals surface area contributed by atoms with E-state index in [1.807, 2.05) is 0 Å². The number of benzene rings is 2. The van der Waals surface area contributed by atoms with Crippen LogP contribution in [0.3, 0.4) is 0 Å². The Kier molecular flexibility index (Phi) is 5.11. The highest BCUT2D eigenvalue weighted by Crippen LogP contribution is 2.26. The number of phenols is 1. The molecule has 0 radical (unpaired) electrons. The van der Waals surface area contributed by atoms with Crippen molar-refractivity contribution in [3.05, 3.63) is 65.2 Å². The van der Waals surface area contributed by atoms with Crippen LogP contribution in [0.1, 0.15) is 26.3 Å². The van der Waals surface area contributed by atoms with E-state index in [4.69, 9.17) is 9.94 Å². The maximum absolute atomic E-state index is 12.1. The minimum Gasteiger partial charge on any atom is -0.504 e. The van der Waals surface area contributed by atoms with Crippen LogP contribution >= 0.6 is 0 Å². The van der Waals surface area contributed by atoms with Gasteiger partial charge in [0.1, 0.15) is 0 Å². The molecule has 6 nitrogen and oxygen atoms in total. The van der Waals surface area contributed by atoms with Crippen molar-refractivity contribution in [2.45, 2.75) is 0 Å². The van der Waals surface area contributed by atoms with Crippen molar-refractivity contribution in [3.63, 3.8) is 0 Å². The number of rotatable bonds is 5. The number of carbonyl (C=O) groups is 2. The predicted octanol–water partition coefficient (Wildman–Crippen LogP) is 2.42. The fourth-order valence-electron chi connectivity index (χ4n) is 1.93. The van der Waals surface area contributed by atoms with E-state index < -0.39 is 5.91 Å². The zero-order valence-electron chi connectivity index (χ0n) is 12.3. The molecular formula is C17H15NO5. The molecule has 3 N–H and O–H groups in total. The average Bonchev–Trinajstić information content (AvgIpc) is 2.59. The summed E-state index contributed by atoms with van der Waals surface area (Å²) in [6.45, 7) is 0. The summed E-state index contributed by atoms with van der Waals surface area (Å²) in [5.74, 6) is -0.558. The van der Waals surface area contributed by atoms with Crippen LogP contribution < -0.4 is 10.2 Å². The molecule has 2 rings (SSSR count). The van der Waals surface area contributed by atoms with Gasteiger partial charge in [-0.05, 0) is 35.9 Å². The van der Waals surface area contributed by atoms with E-state index in [2.05, 4.69) is 0 Å². The number of hydroxylamine groups is 1. The number of phenolic OH excluding ortho intramolecular Hbond substituents is 1. The van der Waals surface area contributed by atoms with Crippen LogP contribution in [0.4, 0.5) is 0 Å². The summed E-state index contributed by atoms with van der Waals surface area (Å²) >= 11 is 0. The van der Waals surface area contributed by atoms with Crippen LogP contribution in [-0.2, 0) is 0 Å². The van der Waals surface area contributed by atoms with Crippen molar-refractivity contribution < 1.29 is 24.6 Å². The molecule has 0 saturated heterocycles. The van der Waals surface area contributed by atoms with Crippen LogP contribution in [0.5, 0.6) is 11.5 Å². The number of hydrogen-bond donors (Lipinski definition) is 3. The first-order valence-electron chi connectivity index (χ1n) is 6.69. The normalized spacial score (nSPS) is 10.5. The van der Waals surface area contributed by atoms with Crippen LogP contribution in [0.25, 0.3) is 6.08 Å². The second-order valence-corrected chi connectivity index (χ2v) is 4.65. The lowest BCUT2D eigenvalue weighted by Crippen LogP contribution is -2.18. The number of carbonyl (C=O) groups excluding carboxylic acids is 2. The highest BCUT2D eigenvalue weighted by Gasteiger charge is 2.06. The Morgan fingerprint density at radius 2 is 1.74 bits per heavy atom. The molecule has 118 valence electrons. The number of nitrogens with one attached hydrogen (secondary N) is 1. The molecular weight excluding hydrogens is 298 g/mol. The molecule has 0 unspecified atom stereocenters. The zero-order valence-corrected chi connectivity index (χ0v) is 12.3. The Hall–Kier alpha value is -3.12. The van der Waals surface area contributed by atoms with Crippen LogP contribution in [0, 0.1) is 0 Å². The number of aromatic hydroxyl groups is 1. The minimum atomic E-state index is -0.645. The molecule has 6 heteroatoms. The second-order valence-electron chi connectivity index (χ2n) is 4.65. The third-order valence-corrected chi connectivity index (χ3v) is 3.16. The molecule has 2 aromatic carbocycles. The fourth-order valence-corrected chi connectivity index (χ4v) is 1.93. The summed E-state index contributed by atoms with van der Waals surface area (Å²) in [5, 5.41) is 18.2. The average molecular weight is 313 g/mol. The molecule has 1 amide bonds. The van der Waals surface area contributed by atoms with Gasteiger partial charge in [0.05, 0.1) is 7.11 Å². The zero-order chi connectivity index (χ0) is 16.8. The van der Waals surface area contributed by atoms with Crippen molar-refractivity contribution in [2.75, 3.05) is 7.11 Å². The van der Waals surface area contributed by atoms with Crippen molar-refractivity contribution in [2.24, 2.45) is 0 Å². The summed E-state index contributed by atoms with van der Waals surface area (Å²) in [5.41, 5.74) is 2.81. The SMILES string of the molecule is COc1ccc(C=CC(=O)c2ccc(C(=O)NO)cc2)cc1O. The highest BCUT2D eigenvalue weighted by atomic mass is 16.5. The standard InChI is InChI=1S/C17H15NO5/c1-23-16-9-3-11(10-15(16)20)2-8-14(19)12-4-6-13(7-5-12)17(21)18-22/h2-10,20,22H,1H3,(H,18,21). The molecule has 0 fully saturated rings. The van der Waals surface area contributed by atoms with Gasteiger partial charge in [0.15, 0.2) is 17.3 Å². The number of allylic oxidation sites excluding steroid dienone is 1. The first-order chi connectivity index (χ1) is 11.0. The lowest BCUT2D eigenvalue weighted by atomic mass is 10.1. The molecule has 0 aliphatic heterocycles. The summed E-state index contributed by atoms with van der Waals surface area (Å²) in [6, 6.07) is 10.6. The Morgan fingerprint density at radius 3 is 2.30 bits per heavy atom. The number of amides is 1. The summed E-state index contributed by atoms with van der Waals surface area (Å²) in [4.78, 5) is 23.2. The second kappa shape index (κ2) is 7.24. The van der Waals surface area contributed by atoms with Gasteiger partial charge in [-0.3, -0.25) is 14.8 Å². The van der Waals surface area contributed by atoms with Crippen molar-refractivity contribution in [3.8, 4) is 11.5 Å². The van der Waals surface area contributed by atoms with Crippen LogP contribution in [0.15, 0.2) is 48.5 Å². The molecule has 0 saturated carbocycles. The quantitative estimate of drug-likeness (QED) is 0.341. The maximum atomic E-state index is 12.1. The monoisotopic (exact) mass is 313 g/mol. The van der Waals surface area contributed by atoms with Crippen molar-refractivity contribution in [1.82, 2.24) is 5.48 Å². The molecule has 0 bridgehead atoms. The Labute approximate surface area is 132 Å². The lowest BCUT2D eigenvalue weighted by Gasteiger charge is -2.03. The number of hydrogen-bond acceptors (Lipinski definition) is 5. The van der Waals surface area contributed by atoms with Gasteiger partial charge in [-0.15, -0.1) is 0 Å². The van der Waals surface area contributed by atoms with E-state index in [1.165, 1.54) is 49.0 Å². The molecule has 2 aromatic rings. The number of methoxy groups -OCH3 is 1. The van der Waals surface area contributed by atoms with E-state index in [9.17, 15) is 14.7 Å². The lowest BCUT2D eigenvalue weighted by molar-refractivity contribution is 0.0706. The first kappa shape index (κ1) is 16.3. The number of ketones is 1. The van der Waals surface area contributed by atoms with E-state index in [0.717, 1.165) is 0 Å². The molecule has 23 heavy (non-hydrogen) atoms.